The SMILES string of the molecule is COC(=O)c1cccc(NC(=O)c2ccc(C)cc2F)c1. The minimum atomic E-state index is -0.586. The van der Waals surface area contributed by atoms with Gasteiger partial charge in [0.05, 0.1) is 18.2 Å². The van der Waals surface area contributed by atoms with E-state index in [1.807, 2.05) is 0 Å². The molecule has 0 saturated heterocycles. The van der Waals surface area contributed by atoms with E-state index in [1.54, 1.807) is 31.2 Å². The van der Waals surface area contributed by atoms with Crippen LogP contribution in [-0.2, 0) is 4.74 Å². The predicted octanol–water partition coefficient (Wildman–Crippen LogP) is 3.17. The molecule has 5 heteroatoms. The van der Waals surface area contributed by atoms with Gasteiger partial charge in [0.15, 0.2) is 0 Å². The van der Waals surface area contributed by atoms with Crippen molar-refractivity contribution in [1.82, 2.24) is 0 Å². The summed E-state index contributed by atoms with van der Waals surface area (Å²) in [6.07, 6.45) is 0. The van der Waals surface area contributed by atoms with Crippen LogP contribution in [0, 0.1) is 12.7 Å². The van der Waals surface area contributed by atoms with Gasteiger partial charge >= 0.3 is 5.97 Å². The standard InChI is InChI=1S/C16H14FNO3/c1-10-6-7-13(14(17)8-10)15(19)18-12-5-3-4-11(9-12)16(20)21-2/h3-9H,1-2H3,(H,18,19). The van der Waals surface area contributed by atoms with Gasteiger partial charge in [-0.05, 0) is 42.8 Å². The molecule has 0 fully saturated rings. The average molecular weight is 287 g/mol. The zero-order valence-electron chi connectivity index (χ0n) is 11.6. The lowest BCUT2D eigenvalue weighted by Gasteiger charge is -2.08. The van der Waals surface area contributed by atoms with Crippen molar-refractivity contribution in [2.75, 3.05) is 12.4 Å². The van der Waals surface area contributed by atoms with E-state index in [-0.39, 0.29) is 5.56 Å². The van der Waals surface area contributed by atoms with Crippen molar-refractivity contribution in [2.45, 2.75) is 6.92 Å². The van der Waals surface area contributed by atoms with Crippen LogP contribution in [-0.4, -0.2) is 19.0 Å². The highest BCUT2D eigenvalue weighted by molar-refractivity contribution is 6.05. The number of hydrogen-bond acceptors (Lipinski definition) is 3. The summed E-state index contributed by atoms with van der Waals surface area (Å²) >= 11 is 0. The number of methoxy groups -OCH3 is 1. The smallest absolute Gasteiger partial charge is 0.337 e. The molecule has 0 aliphatic heterocycles. The second-order valence-electron chi connectivity index (χ2n) is 4.51. The van der Waals surface area contributed by atoms with Gasteiger partial charge in [0.25, 0.3) is 5.91 Å². The molecule has 2 aromatic rings. The summed E-state index contributed by atoms with van der Waals surface area (Å²) in [7, 11) is 1.27. The molecule has 0 heterocycles. The maximum Gasteiger partial charge on any atom is 0.337 e. The van der Waals surface area contributed by atoms with E-state index in [4.69, 9.17) is 0 Å². The van der Waals surface area contributed by atoms with Gasteiger partial charge < -0.3 is 10.1 Å². The number of aryl methyl sites for hydroxylation is 1. The van der Waals surface area contributed by atoms with E-state index >= 15 is 0 Å². The van der Waals surface area contributed by atoms with E-state index in [2.05, 4.69) is 10.1 Å². The monoisotopic (exact) mass is 287 g/mol. The van der Waals surface area contributed by atoms with Crippen LogP contribution in [0.1, 0.15) is 26.3 Å². The molecule has 1 amide bonds. The number of carbonyl (C=O) groups excluding carboxylic acids is 2. The van der Waals surface area contributed by atoms with Crippen LogP contribution < -0.4 is 5.32 Å². The lowest BCUT2D eigenvalue weighted by Crippen LogP contribution is -2.14. The first kappa shape index (κ1) is 14.7. The normalized spacial score (nSPS) is 10.0. The maximum absolute atomic E-state index is 13.7. The van der Waals surface area contributed by atoms with Crippen molar-refractivity contribution >= 4 is 17.6 Å². The fourth-order valence-electron chi connectivity index (χ4n) is 1.84. The second-order valence-corrected chi connectivity index (χ2v) is 4.51. The molecule has 0 aliphatic carbocycles. The molecule has 1 N–H and O–H groups in total. The summed E-state index contributed by atoms with van der Waals surface area (Å²) in [5.41, 5.74) is 1.38. The van der Waals surface area contributed by atoms with Crippen LogP contribution in [0.2, 0.25) is 0 Å². The third-order valence-electron chi connectivity index (χ3n) is 2.91. The number of carbonyl (C=O) groups is 2. The largest absolute Gasteiger partial charge is 0.465 e. The zero-order valence-corrected chi connectivity index (χ0v) is 11.6. The fourth-order valence-corrected chi connectivity index (χ4v) is 1.84. The van der Waals surface area contributed by atoms with Crippen LogP contribution in [0.15, 0.2) is 42.5 Å². The third-order valence-corrected chi connectivity index (χ3v) is 2.91. The summed E-state index contributed by atoms with van der Waals surface area (Å²) in [4.78, 5) is 23.4. The highest BCUT2D eigenvalue weighted by atomic mass is 19.1. The van der Waals surface area contributed by atoms with Crippen LogP contribution in [0.5, 0.6) is 0 Å². The van der Waals surface area contributed by atoms with Crippen molar-refractivity contribution in [3.8, 4) is 0 Å². The Morgan fingerprint density at radius 3 is 2.57 bits per heavy atom. The van der Waals surface area contributed by atoms with Crippen molar-refractivity contribution in [3.05, 3.63) is 65.0 Å². The van der Waals surface area contributed by atoms with Gasteiger partial charge in [-0.15, -0.1) is 0 Å². The van der Waals surface area contributed by atoms with Gasteiger partial charge in [-0.25, -0.2) is 9.18 Å². The highest BCUT2D eigenvalue weighted by Gasteiger charge is 2.13. The lowest BCUT2D eigenvalue weighted by molar-refractivity contribution is 0.0600. The third kappa shape index (κ3) is 3.45. The van der Waals surface area contributed by atoms with Crippen molar-refractivity contribution in [1.29, 1.82) is 0 Å². The highest BCUT2D eigenvalue weighted by Crippen LogP contribution is 2.15. The topological polar surface area (TPSA) is 55.4 Å². The Hall–Kier alpha value is -2.69. The maximum atomic E-state index is 13.7. The number of benzene rings is 2. The number of hydrogen-bond donors (Lipinski definition) is 1. The van der Waals surface area contributed by atoms with Crippen LogP contribution >= 0.6 is 0 Å². The van der Waals surface area contributed by atoms with Crippen molar-refractivity contribution < 1.29 is 18.7 Å². The quantitative estimate of drug-likeness (QED) is 0.882. The van der Waals surface area contributed by atoms with Crippen molar-refractivity contribution in [3.63, 3.8) is 0 Å². The van der Waals surface area contributed by atoms with Gasteiger partial charge in [0, 0.05) is 5.69 Å². The molecule has 0 bridgehead atoms. The van der Waals surface area contributed by atoms with Gasteiger partial charge in [-0.2, -0.15) is 0 Å². The summed E-state index contributed by atoms with van der Waals surface area (Å²) in [6.45, 7) is 1.74. The van der Waals surface area contributed by atoms with Gasteiger partial charge in [-0.3, -0.25) is 4.79 Å². The molecule has 21 heavy (non-hydrogen) atoms. The minimum absolute atomic E-state index is 0.0518. The first-order chi connectivity index (χ1) is 10.0. The van der Waals surface area contributed by atoms with Crippen LogP contribution in [0.25, 0.3) is 0 Å². The zero-order chi connectivity index (χ0) is 15.4. The first-order valence-electron chi connectivity index (χ1n) is 6.27. The summed E-state index contributed by atoms with van der Waals surface area (Å²) in [5.74, 6) is -1.67. The van der Waals surface area contributed by atoms with Gasteiger partial charge in [-0.1, -0.05) is 12.1 Å². The molecule has 4 nitrogen and oxygen atoms in total. The molecule has 2 aromatic carbocycles. The Morgan fingerprint density at radius 1 is 1.14 bits per heavy atom. The molecule has 0 saturated carbocycles. The molecular formula is C16H14FNO3. The molecule has 108 valence electrons. The predicted molar refractivity (Wildman–Crippen MR) is 76.9 cm³/mol. The van der Waals surface area contributed by atoms with Crippen LogP contribution in [0.3, 0.4) is 0 Å². The Balaban J connectivity index is 2.21. The lowest BCUT2D eigenvalue weighted by atomic mass is 10.1. The van der Waals surface area contributed by atoms with E-state index < -0.39 is 17.7 Å². The van der Waals surface area contributed by atoms with Gasteiger partial charge in [0.2, 0.25) is 0 Å². The molecule has 0 aromatic heterocycles. The van der Waals surface area contributed by atoms with Crippen molar-refractivity contribution in [2.24, 2.45) is 0 Å². The molecule has 2 rings (SSSR count). The summed E-state index contributed by atoms with van der Waals surface area (Å²) < 4.78 is 18.3. The average Bonchev–Trinajstić information content (AvgIpc) is 2.46. The Kier molecular flexibility index (Phi) is 4.33. The number of ether oxygens (including phenoxy) is 1. The Morgan fingerprint density at radius 2 is 1.90 bits per heavy atom. The second kappa shape index (κ2) is 6.17. The number of amides is 1. The van der Waals surface area contributed by atoms with E-state index in [9.17, 15) is 14.0 Å². The Labute approximate surface area is 121 Å². The molecule has 0 unspecified atom stereocenters. The number of halogens is 1. The number of esters is 1. The van der Waals surface area contributed by atoms with Gasteiger partial charge in [0.1, 0.15) is 5.82 Å². The Bertz CT molecular complexity index is 698. The first-order valence-corrected chi connectivity index (χ1v) is 6.27. The minimum Gasteiger partial charge on any atom is -0.465 e. The van der Waals surface area contributed by atoms with E-state index in [0.29, 0.717) is 11.3 Å². The molecule has 0 radical (unpaired) electrons. The number of anilines is 1. The molecular weight excluding hydrogens is 273 g/mol. The summed E-state index contributed by atoms with van der Waals surface area (Å²) in [5, 5.41) is 2.55. The molecule has 0 aliphatic rings. The number of rotatable bonds is 3. The summed E-state index contributed by atoms with van der Waals surface area (Å²) in [6, 6.07) is 10.6. The van der Waals surface area contributed by atoms with E-state index in [0.717, 1.165) is 5.56 Å². The number of nitrogens with one attached hydrogen (secondary N) is 1. The van der Waals surface area contributed by atoms with E-state index in [1.165, 1.54) is 25.3 Å². The molecule has 0 atom stereocenters. The fraction of sp³-hybridized carbons (Fsp3) is 0.125. The molecule has 0 spiro atoms. The van der Waals surface area contributed by atoms with Crippen LogP contribution in [0.4, 0.5) is 10.1 Å².